The molecule has 2 atom stereocenters. The van der Waals surface area contributed by atoms with Crippen molar-refractivity contribution in [3.8, 4) is 28.4 Å². The van der Waals surface area contributed by atoms with Gasteiger partial charge in [0.25, 0.3) is 0 Å². The Balaban J connectivity index is 1.76. The molecule has 1 aromatic carbocycles. The molecule has 0 amide bonds. The second-order valence-electron chi connectivity index (χ2n) is 10.1. The molecule has 1 saturated heterocycles. The molecule has 11 nitrogen and oxygen atoms in total. The molecule has 2 N–H and O–H groups in total. The van der Waals surface area contributed by atoms with Crippen molar-refractivity contribution in [3.63, 3.8) is 0 Å². The Kier molecular flexibility index (Phi) is 9.44. The van der Waals surface area contributed by atoms with E-state index in [1.54, 1.807) is 18.3 Å². The lowest BCUT2D eigenvalue weighted by atomic mass is 10.0. The number of nitrogens with one attached hydrogen (secondary N) is 1. The number of likely N-dealkylation sites (N-methyl/N-ethyl adjacent to an activating group) is 1. The summed E-state index contributed by atoms with van der Waals surface area (Å²) in [5.41, 5.74) is 3.92. The number of aliphatic hydroxyl groups excluding tert-OH is 1. The van der Waals surface area contributed by atoms with Crippen molar-refractivity contribution < 1.29 is 22.8 Å². The van der Waals surface area contributed by atoms with Crippen LogP contribution in [-0.4, -0.2) is 90.7 Å². The van der Waals surface area contributed by atoms with E-state index in [0.29, 0.717) is 49.9 Å². The van der Waals surface area contributed by atoms with Gasteiger partial charge in [0, 0.05) is 43.3 Å². The molecule has 3 heterocycles. The molecule has 0 saturated carbocycles. The van der Waals surface area contributed by atoms with Crippen molar-refractivity contribution in [2.24, 2.45) is 0 Å². The highest BCUT2D eigenvalue weighted by Gasteiger charge is 2.35. The van der Waals surface area contributed by atoms with Crippen LogP contribution in [0, 0.1) is 20.8 Å². The molecule has 1 aliphatic rings. The lowest BCUT2D eigenvalue weighted by Crippen LogP contribution is -2.55. The molecule has 1 aliphatic heterocycles. The molecule has 40 heavy (non-hydrogen) atoms. The summed E-state index contributed by atoms with van der Waals surface area (Å²) in [6.07, 6.45) is 0.0612. The van der Waals surface area contributed by atoms with Gasteiger partial charge in [0.05, 0.1) is 22.7 Å². The number of ether oxygens (including phenoxy) is 1. The van der Waals surface area contributed by atoms with Crippen LogP contribution in [0.15, 0.2) is 28.8 Å². The second kappa shape index (κ2) is 12.6. The van der Waals surface area contributed by atoms with E-state index in [9.17, 15) is 13.5 Å². The molecule has 3 aromatic rings. The minimum atomic E-state index is -3.31. The number of hydrogen-bond acceptors (Lipinski definition) is 10. The molecule has 0 aliphatic carbocycles. The maximum atomic E-state index is 12.8. The molecule has 218 valence electrons. The summed E-state index contributed by atoms with van der Waals surface area (Å²) in [5.74, 6) is 2.61. The van der Waals surface area contributed by atoms with Crippen LogP contribution in [0.1, 0.15) is 37.3 Å². The molecule has 0 spiro atoms. The van der Waals surface area contributed by atoms with Crippen LogP contribution >= 0.6 is 0 Å². The zero-order chi connectivity index (χ0) is 29.0. The van der Waals surface area contributed by atoms with Crippen LogP contribution in [0.25, 0.3) is 22.6 Å². The van der Waals surface area contributed by atoms with Crippen LogP contribution in [-0.2, 0) is 10.0 Å². The van der Waals surface area contributed by atoms with Crippen LogP contribution in [0.2, 0.25) is 0 Å². The number of aryl methyl sites for hydroxylation is 2. The highest BCUT2D eigenvalue weighted by Crippen LogP contribution is 2.36. The normalized spacial score (nSPS) is 17.3. The van der Waals surface area contributed by atoms with Crippen LogP contribution in [0.3, 0.4) is 0 Å². The van der Waals surface area contributed by atoms with Crippen molar-refractivity contribution in [3.05, 3.63) is 41.3 Å². The van der Waals surface area contributed by atoms with Crippen molar-refractivity contribution in [1.82, 2.24) is 24.7 Å². The van der Waals surface area contributed by atoms with E-state index in [1.807, 2.05) is 52.0 Å². The Hall–Kier alpha value is -3.06. The summed E-state index contributed by atoms with van der Waals surface area (Å²) in [4.78, 5) is 12.2. The van der Waals surface area contributed by atoms with Crippen LogP contribution < -0.4 is 15.0 Å². The summed E-state index contributed by atoms with van der Waals surface area (Å²) in [6, 6.07) is 7.33. The van der Waals surface area contributed by atoms with Crippen molar-refractivity contribution in [1.29, 1.82) is 0 Å². The van der Waals surface area contributed by atoms with E-state index in [2.05, 4.69) is 15.4 Å². The Labute approximate surface area is 236 Å². The fraction of sp³-hybridized carbons (Fsp3) is 0.536. The van der Waals surface area contributed by atoms with Gasteiger partial charge in [-0.05, 0) is 53.3 Å². The third-order valence-electron chi connectivity index (χ3n) is 7.29. The summed E-state index contributed by atoms with van der Waals surface area (Å²) in [6.45, 7) is 11.5. The molecular formula is C28H40N6O5S. The molecule has 12 heteroatoms. The molecule has 1 fully saturated rings. The lowest BCUT2D eigenvalue weighted by molar-refractivity contribution is 0.108. The minimum Gasteiger partial charge on any atom is -0.491 e. The summed E-state index contributed by atoms with van der Waals surface area (Å²) in [5, 5.41) is 17.1. The third-order valence-corrected chi connectivity index (χ3v) is 9.21. The zero-order valence-electron chi connectivity index (χ0n) is 24.1. The SMILES string of the molecule is CCC1CN(c2nc(-c3cccc(OCC(O)CNC)c3)nc(-c3c(C)noc3C)c2C)CCN1S(=O)(=O)CC. The topological polar surface area (TPSA) is 134 Å². The van der Waals surface area contributed by atoms with Gasteiger partial charge in [-0.2, -0.15) is 4.31 Å². The maximum Gasteiger partial charge on any atom is 0.214 e. The van der Waals surface area contributed by atoms with Gasteiger partial charge in [0.1, 0.15) is 30.0 Å². The first-order valence-electron chi connectivity index (χ1n) is 13.7. The predicted octanol–water partition coefficient (Wildman–Crippen LogP) is 2.93. The molecule has 2 aromatic heterocycles. The van der Waals surface area contributed by atoms with E-state index in [0.717, 1.165) is 33.9 Å². The monoisotopic (exact) mass is 572 g/mol. The molecular weight excluding hydrogens is 532 g/mol. The Morgan fingerprint density at radius 3 is 2.62 bits per heavy atom. The first-order valence-corrected chi connectivity index (χ1v) is 15.3. The molecule has 0 radical (unpaired) electrons. The number of rotatable bonds is 11. The predicted molar refractivity (Wildman–Crippen MR) is 155 cm³/mol. The molecule has 2 unspecified atom stereocenters. The zero-order valence-corrected chi connectivity index (χ0v) is 25.0. The Morgan fingerprint density at radius 1 is 1.20 bits per heavy atom. The average Bonchev–Trinajstić information content (AvgIpc) is 3.29. The van der Waals surface area contributed by atoms with Crippen molar-refractivity contribution in [2.45, 2.75) is 53.2 Å². The van der Waals surface area contributed by atoms with Crippen molar-refractivity contribution >= 4 is 15.8 Å². The van der Waals surface area contributed by atoms with Gasteiger partial charge in [-0.25, -0.2) is 18.4 Å². The Morgan fingerprint density at radius 2 is 1.98 bits per heavy atom. The quantitative estimate of drug-likeness (QED) is 0.353. The second-order valence-corrected chi connectivity index (χ2v) is 12.3. The number of piperazine rings is 1. The van der Waals surface area contributed by atoms with E-state index >= 15 is 0 Å². The number of aromatic nitrogens is 3. The fourth-order valence-electron chi connectivity index (χ4n) is 5.11. The van der Waals surface area contributed by atoms with Crippen LogP contribution in [0.4, 0.5) is 5.82 Å². The van der Waals surface area contributed by atoms with Gasteiger partial charge in [-0.15, -0.1) is 0 Å². The highest BCUT2D eigenvalue weighted by atomic mass is 32.2. The van der Waals surface area contributed by atoms with Gasteiger partial charge in [-0.3, -0.25) is 0 Å². The lowest BCUT2D eigenvalue weighted by Gasteiger charge is -2.41. The van der Waals surface area contributed by atoms with E-state index in [4.69, 9.17) is 19.2 Å². The van der Waals surface area contributed by atoms with E-state index in [-0.39, 0.29) is 18.4 Å². The summed E-state index contributed by atoms with van der Waals surface area (Å²) >= 11 is 0. The third kappa shape index (κ3) is 6.30. The highest BCUT2D eigenvalue weighted by molar-refractivity contribution is 7.89. The Bertz CT molecular complexity index is 1410. The number of anilines is 1. The van der Waals surface area contributed by atoms with Gasteiger partial charge in [0.15, 0.2) is 5.82 Å². The van der Waals surface area contributed by atoms with Gasteiger partial charge < -0.3 is 24.6 Å². The number of benzene rings is 1. The van der Waals surface area contributed by atoms with Gasteiger partial charge >= 0.3 is 0 Å². The standard InChI is InChI=1S/C28H40N6O5S/c1-7-22-16-33(12-13-34(22)40(36,37)8-2)28-18(3)26(25-19(4)32-39-20(25)5)30-27(31-28)21-10-9-11-24(14-21)38-17-23(35)15-29-6/h9-11,14,22-23,29,35H,7-8,12-13,15-17H2,1-6H3. The first-order chi connectivity index (χ1) is 19.1. The summed E-state index contributed by atoms with van der Waals surface area (Å²) in [7, 11) is -1.53. The van der Waals surface area contributed by atoms with Crippen molar-refractivity contribution in [2.75, 3.05) is 50.5 Å². The molecule has 4 rings (SSSR count). The molecule has 0 bridgehead atoms. The number of nitrogens with zero attached hydrogens (tertiary/aromatic N) is 5. The van der Waals surface area contributed by atoms with Gasteiger partial charge in [0.2, 0.25) is 10.0 Å². The maximum absolute atomic E-state index is 12.8. The fourth-order valence-corrected chi connectivity index (χ4v) is 6.48. The largest absolute Gasteiger partial charge is 0.491 e. The van der Waals surface area contributed by atoms with E-state index in [1.165, 1.54) is 0 Å². The van der Waals surface area contributed by atoms with Crippen LogP contribution in [0.5, 0.6) is 5.75 Å². The number of sulfonamides is 1. The minimum absolute atomic E-state index is 0.0841. The first kappa shape index (κ1) is 29.9. The van der Waals surface area contributed by atoms with Gasteiger partial charge in [-0.1, -0.05) is 24.2 Å². The average molecular weight is 573 g/mol. The summed E-state index contributed by atoms with van der Waals surface area (Å²) < 4.78 is 38.5. The number of hydrogen-bond donors (Lipinski definition) is 2. The number of aliphatic hydroxyl groups is 1. The smallest absolute Gasteiger partial charge is 0.214 e. The van der Waals surface area contributed by atoms with E-state index < -0.39 is 16.1 Å².